The molecule has 1 aromatic heterocycles. The standard InChI is InChI=1S/C25H22ClN5O2/c26-19-3-1-2-17(12-19)24-23(25(28)33)21-14-30(8-9-31(21)29-24)22(32)11-15-4-5-18(13-27)20(10-15)16-6-7-16/h1-5,10,12,16H,6-9,11,14H2,(H2,28,33). The van der Waals surface area contributed by atoms with Crippen LogP contribution in [0.4, 0.5) is 0 Å². The highest BCUT2D eigenvalue weighted by Gasteiger charge is 2.30. The molecule has 0 bridgehead atoms. The molecular weight excluding hydrogens is 438 g/mol. The molecule has 5 rings (SSSR count). The SMILES string of the molecule is N#Cc1ccc(CC(=O)N2CCn3nc(-c4cccc(Cl)c4)c(C(N)=O)c3C2)cc1C1CC1. The monoisotopic (exact) mass is 459 g/mol. The molecule has 0 spiro atoms. The van der Waals surface area contributed by atoms with Crippen LogP contribution >= 0.6 is 11.6 Å². The van der Waals surface area contributed by atoms with E-state index in [0.717, 1.165) is 24.0 Å². The van der Waals surface area contributed by atoms with E-state index >= 15 is 0 Å². The molecule has 0 saturated heterocycles. The van der Waals surface area contributed by atoms with Gasteiger partial charge in [-0.1, -0.05) is 35.9 Å². The third kappa shape index (κ3) is 4.10. The lowest BCUT2D eigenvalue weighted by molar-refractivity contribution is -0.132. The van der Waals surface area contributed by atoms with E-state index in [4.69, 9.17) is 17.3 Å². The summed E-state index contributed by atoms with van der Waals surface area (Å²) in [6, 6.07) is 15.0. The van der Waals surface area contributed by atoms with Gasteiger partial charge in [0.1, 0.15) is 5.69 Å². The number of nitrogens with zero attached hydrogens (tertiary/aromatic N) is 4. The number of aromatic nitrogens is 2. The molecule has 0 atom stereocenters. The third-order valence-electron chi connectivity index (χ3n) is 6.29. The van der Waals surface area contributed by atoms with Crippen molar-refractivity contribution in [3.05, 3.63) is 75.4 Å². The maximum atomic E-state index is 13.1. The smallest absolute Gasteiger partial charge is 0.252 e. The van der Waals surface area contributed by atoms with Gasteiger partial charge in [-0.25, -0.2) is 0 Å². The van der Waals surface area contributed by atoms with E-state index in [1.807, 2.05) is 24.3 Å². The molecule has 8 heteroatoms. The van der Waals surface area contributed by atoms with Crippen LogP contribution in [0, 0.1) is 11.3 Å². The molecule has 2 N–H and O–H groups in total. The fourth-order valence-corrected chi connectivity index (χ4v) is 4.66. The normalized spacial score (nSPS) is 15.1. The average Bonchev–Trinajstić information content (AvgIpc) is 3.58. The van der Waals surface area contributed by atoms with Crippen LogP contribution in [0.15, 0.2) is 42.5 Å². The molecule has 33 heavy (non-hydrogen) atoms. The molecule has 3 aromatic rings. The third-order valence-corrected chi connectivity index (χ3v) is 6.52. The molecule has 7 nitrogen and oxygen atoms in total. The molecule has 1 fully saturated rings. The number of fused-ring (bicyclic) bond motifs is 1. The first-order valence-electron chi connectivity index (χ1n) is 10.9. The van der Waals surface area contributed by atoms with Crippen molar-refractivity contribution in [1.82, 2.24) is 14.7 Å². The summed E-state index contributed by atoms with van der Waals surface area (Å²) in [7, 11) is 0. The minimum Gasteiger partial charge on any atom is -0.365 e. The van der Waals surface area contributed by atoms with Gasteiger partial charge in [0.2, 0.25) is 5.91 Å². The van der Waals surface area contributed by atoms with Gasteiger partial charge >= 0.3 is 0 Å². The van der Waals surface area contributed by atoms with Gasteiger partial charge in [-0.15, -0.1) is 0 Å². The summed E-state index contributed by atoms with van der Waals surface area (Å²) in [5.74, 6) is -0.183. The Bertz CT molecular complexity index is 1320. The number of halogens is 1. The van der Waals surface area contributed by atoms with Crippen molar-refractivity contribution in [2.24, 2.45) is 5.73 Å². The van der Waals surface area contributed by atoms with E-state index in [0.29, 0.717) is 52.1 Å². The summed E-state index contributed by atoms with van der Waals surface area (Å²) in [4.78, 5) is 27.2. The topological polar surface area (TPSA) is 105 Å². The van der Waals surface area contributed by atoms with Crippen LogP contribution in [0.2, 0.25) is 5.02 Å². The van der Waals surface area contributed by atoms with Crippen molar-refractivity contribution in [3.8, 4) is 17.3 Å². The van der Waals surface area contributed by atoms with Gasteiger partial charge in [0.15, 0.2) is 0 Å². The number of primary amides is 1. The van der Waals surface area contributed by atoms with Gasteiger partial charge in [-0.3, -0.25) is 14.3 Å². The predicted molar refractivity (Wildman–Crippen MR) is 123 cm³/mol. The van der Waals surface area contributed by atoms with Crippen molar-refractivity contribution < 1.29 is 9.59 Å². The summed E-state index contributed by atoms with van der Waals surface area (Å²) in [6.45, 7) is 1.23. The number of nitrogens with two attached hydrogens (primary N) is 1. The van der Waals surface area contributed by atoms with Gasteiger partial charge in [-0.05, 0) is 48.1 Å². The van der Waals surface area contributed by atoms with E-state index in [1.165, 1.54) is 0 Å². The lowest BCUT2D eigenvalue weighted by atomic mass is 9.99. The number of nitriles is 1. The largest absolute Gasteiger partial charge is 0.365 e. The molecule has 1 aliphatic heterocycles. The first kappa shape index (κ1) is 21.2. The highest BCUT2D eigenvalue weighted by Crippen LogP contribution is 2.42. The number of carbonyl (C=O) groups is 2. The lowest BCUT2D eigenvalue weighted by Crippen LogP contribution is -2.40. The maximum absolute atomic E-state index is 13.1. The molecule has 0 radical (unpaired) electrons. The van der Waals surface area contributed by atoms with Crippen LogP contribution in [0.25, 0.3) is 11.3 Å². The Hall–Kier alpha value is -3.63. The van der Waals surface area contributed by atoms with Crippen LogP contribution in [-0.2, 0) is 24.3 Å². The van der Waals surface area contributed by atoms with Gasteiger partial charge < -0.3 is 10.6 Å². The fourth-order valence-electron chi connectivity index (χ4n) is 4.47. The highest BCUT2D eigenvalue weighted by atomic mass is 35.5. The second kappa shape index (κ2) is 8.38. The summed E-state index contributed by atoms with van der Waals surface area (Å²) in [5, 5.41) is 14.5. The Kier molecular flexibility index (Phi) is 5.39. The molecule has 1 saturated carbocycles. The van der Waals surface area contributed by atoms with E-state index in [2.05, 4.69) is 11.2 Å². The summed E-state index contributed by atoms with van der Waals surface area (Å²) >= 11 is 6.13. The van der Waals surface area contributed by atoms with Crippen LogP contribution in [0.3, 0.4) is 0 Å². The second-order valence-corrected chi connectivity index (χ2v) is 9.00. The minimum absolute atomic E-state index is 0.0337. The average molecular weight is 460 g/mol. The van der Waals surface area contributed by atoms with Gasteiger partial charge in [0.05, 0.1) is 42.4 Å². The highest BCUT2D eigenvalue weighted by molar-refractivity contribution is 6.30. The number of rotatable bonds is 5. The van der Waals surface area contributed by atoms with Crippen molar-refractivity contribution in [3.63, 3.8) is 0 Å². The maximum Gasteiger partial charge on any atom is 0.252 e. The quantitative estimate of drug-likeness (QED) is 0.628. The Labute approximate surface area is 196 Å². The first-order valence-corrected chi connectivity index (χ1v) is 11.3. The van der Waals surface area contributed by atoms with Gasteiger partial charge in [-0.2, -0.15) is 10.4 Å². The van der Waals surface area contributed by atoms with Crippen molar-refractivity contribution in [1.29, 1.82) is 5.26 Å². The number of benzene rings is 2. The van der Waals surface area contributed by atoms with E-state index in [1.54, 1.807) is 27.8 Å². The zero-order valence-electron chi connectivity index (χ0n) is 17.9. The number of carbonyl (C=O) groups excluding carboxylic acids is 2. The zero-order valence-corrected chi connectivity index (χ0v) is 18.7. The number of hydrogen-bond donors (Lipinski definition) is 1. The number of hydrogen-bond acceptors (Lipinski definition) is 4. The Morgan fingerprint density at radius 3 is 2.70 bits per heavy atom. The molecule has 2 amide bonds. The molecule has 2 aromatic carbocycles. The minimum atomic E-state index is -0.582. The molecule has 166 valence electrons. The summed E-state index contributed by atoms with van der Waals surface area (Å²) < 4.78 is 1.76. The van der Waals surface area contributed by atoms with Crippen LogP contribution < -0.4 is 5.73 Å². The second-order valence-electron chi connectivity index (χ2n) is 8.57. The van der Waals surface area contributed by atoms with E-state index < -0.39 is 5.91 Å². The van der Waals surface area contributed by atoms with Crippen molar-refractivity contribution in [2.45, 2.75) is 38.3 Å². The Balaban J connectivity index is 1.40. The first-order chi connectivity index (χ1) is 15.9. The fraction of sp³-hybridized carbons (Fsp3) is 0.280. The van der Waals surface area contributed by atoms with Crippen LogP contribution in [0.5, 0.6) is 0 Å². The van der Waals surface area contributed by atoms with E-state index in [-0.39, 0.29) is 18.9 Å². The lowest BCUT2D eigenvalue weighted by Gasteiger charge is -2.28. The summed E-state index contributed by atoms with van der Waals surface area (Å²) in [5.41, 5.74) is 10.5. The van der Waals surface area contributed by atoms with Crippen LogP contribution in [0.1, 0.15) is 51.5 Å². The van der Waals surface area contributed by atoms with Crippen molar-refractivity contribution >= 4 is 23.4 Å². The summed E-state index contributed by atoms with van der Waals surface area (Å²) in [6.07, 6.45) is 2.42. The predicted octanol–water partition coefficient (Wildman–Crippen LogP) is 3.64. The molecular formula is C25H22ClN5O2. The van der Waals surface area contributed by atoms with E-state index in [9.17, 15) is 14.9 Å². The molecule has 0 unspecified atom stereocenters. The molecule has 2 heterocycles. The Morgan fingerprint density at radius 1 is 1.18 bits per heavy atom. The van der Waals surface area contributed by atoms with Crippen molar-refractivity contribution in [2.75, 3.05) is 6.54 Å². The van der Waals surface area contributed by atoms with Crippen LogP contribution in [-0.4, -0.2) is 33.0 Å². The molecule has 2 aliphatic rings. The molecule has 1 aliphatic carbocycles. The van der Waals surface area contributed by atoms with Gasteiger partial charge in [0.25, 0.3) is 5.91 Å². The van der Waals surface area contributed by atoms with Gasteiger partial charge in [0, 0.05) is 17.1 Å². The zero-order chi connectivity index (χ0) is 23.1. The Morgan fingerprint density at radius 2 is 2.00 bits per heavy atom. The number of amides is 2.